The molecule has 2 aromatic carbocycles. The van der Waals surface area contributed by atoms with Gasteiger partial charge in [-0.15, -0.1) is 24.8 Å². The number of hydrogen-bond acceptors (Lipinski definition) is 4. The molecule has 1 amide bonds. The van der Waals surface area contributed by atoms with Crippen molar-refractivity contribution in [2.75, 3.05) is 39.0 Å². The van der Waals surface area contributed by atoms with E-state index in [9.17, 15) is 9.18 Å². The van der Waals surface area contributed by atoms with E-state index in [1.807, 2.05) is 29.2 Å². The minimum atomic E-state index is -0.266. The molecule has 8 heteroatoms. The first-order valence-corrected chi connectivity index (χ1v) is 8.72. The fourth-order valence-electron chi connectivity index (χ4n) is 3.19. The molecule has 0 aromatic heterocycles. The van der Waals surface area contributed by atoms with Crippen molar-refractivity contribution in [3.05, 3.63) is 59.4 Å². The van der Waals surface area contributed by atoms with Crippen LogP contribution in [-0.2, 0) is 17.8 Å². The molecule has 1 aliphatic rings. The molecule has 1 fully saturated rings. The van der Waals surface area contributed by atoms with E-state index in [-0.39, 0.29) is 36.5 Å². The maximum Gasteiger partial charge on any atom is 0.227 e. The maximum atomic E-state index is 13.5. The van der Waals surface area contributed by atoms with E-state index in [2.05, 4.69) is 4.90 Å². The van der Waals surface area contributed by atoms with Gasteiger partial charge in [0.25, 0.3) is 0 Å². The monoisotopic (exact) mass is 429 g/mol. The van der Waals surface area contributed by atoms with Gasteiger partial charge in [0.2, 0.25) is 5.91 Å². The van der Waals surface area contributed by atoms with E-state index in [1.54, 1.807) is 13.2 Å². The van der Waals surface area contributed by atoms with Gasteiger partial charge in [0, 0.05) is 44.0 Å². The predicted molar refractivity (Wildman–Crippen MR) is 114 cm³/mol. The Balaban J connectivity index is 0.00000196. The molecule has 2 N–H and O–H groups in total. The molecular formula is C20H26Cl2FN3O2. The average molecular weight is 430 g/mol. The highest BCUT2D eigenvalue weighted by atomic mass is 35.5. The Morgan fingerprint density at radius 3 is 2.32 bits per heavy atom. The van der Waals surface area contributed by atoms with Crippen LogP contribution in [0.5, 0.6) is 5.75 Å². The Morgan fingerprint density at radius 2 is 1.71 bits per heavy atom. The predicted octanol–water partition coefficient (Wildman–Crippen LogP) is 3.15. The molecule has 0 spiro atoms. The molecule has 28 heavy (non-hydrogen) atoms. The molecule has 0 radical (unpaired) electrons. The van der Waals surface area contributed by atoms with Crippen molar-refractivity contribution < 1.29 is 13.9 Å². The number of nitrogens with two attached hydrogens (primary N) is 1. The summed E-state index contributed by atoms with van der Waals surface area (Å²) in [5.74, 6) is 0.545. The molecule has 0 saturated carbocycles. The van der Waals surface area contributed by atoms with Gasteiger partial charge >= 0.3 is 0 Å². The number of halogens is 3. The highest BCUT2D eigenvalue weighted by Gasteiger charge is 2.22. The lowest BCUT2D eigenvalue weighted by atomic mass is 10.1. The topological polar surface area (TPSA) is 58.8 Å². The zero-order chi connectivity index (χ0) is 18.5. The molecule has 1 saturated heterocycles. The fourth-order valence-corrected chi connectivity index (χ4v) is 3.19. The summed E-state index contributed by atoms with van der Waals surface area (Å²) in [6.07, 6.45) is 0.387. The molecule has 3 rings (SSSR count). The summed E-state index contributed by atoms with van der Waals surface area (Å²) in [4.78, 5) is 16.6. The van der Waals surface area contributed by atoms with Crippen LogP contribution < -0.4 is 10.5 Å². The van der Waals surface area contributed by atoms with Crippen molar-refractivity contribution in [3.8, 4) is 5.75 Å². The lowest BCUT2D eigenvalue weighted by Gasteiger charge is -2.35. The molecule has 5 nitrogen and oxygen atoms in total. The zero-order valence-corrected chi connectivity index (χ0v) is 17.4. The number of nitrogen functional groups attached to an aromatic ring is 1. The Hall–Kier alpha value is -2.02. The second kappa shape index (κ2) is 11.1. The van der Waals surface area contributed by atoms with Crippen LogP contribution in [0.15, 0.2) is 42.5 Å². The van der Waals surface area contributed by atoms with Crippen LogP contribution in [-0.4, -0.2) is 49.0 Å². The summed E-state index contributed by atoms with van der Waals surface area (Å²) in [6, 6.07) is 12.0. The Morgan fingerprint density at radius 1 is 1.07 bits per heavy atom. The lowest BCUT2D eigenvalue weighted by molar-refractivity contribution is -0.132. The van der Waals surface area contributed by atoms with E-state index in [4.69, 9.17) is 10.5 Å². The van der Waals surface area contributed by atoms with E-state index in [1.165, 1.54) is 12.1 Å². The second-order valence-corrected chi connectivity index (χ2v) is 6.53. The first-order chi connectivity index (χ1) is 12.5. The molecular weight excluding hydrogens is 404 g/mol. The van der Waals surface area contributed by atoms with E-state index in [0.717, 1.165) is 24.2 Å². The van der Waals surface area contributed by atoms with Gasteiger partial charge in [-0.05, 0) is 35.9 Å². The summed E-state index contributed by atoms with van der Waals surface area (Å²) in [5, 5.41) is 0. The minimum absolute atomic E-state index is 0. The van der Waals surface area contributed by atoms with Crippen LogP contribution in [0.4, 0.5) is 10.1 Å². The number of anilines is 1. The van der Waals surface area contributed by atoms with Crippen molar-refractivity contribution in [3.63, 3.8) is 0 Å². The minimum Gasteiger partial charge on any atom is -0.496 e. The van der Waals surface area contributed by atoms with Gasteiger partial charge in [-0.2, -0.15) is 0 Å². The number of rotatable bonds is 5. The Kier molecular flexibility index (Phi) is 9.52. The molecule has 0 bridgehead atoms. The number of hydrogen-bond donors (Lipinski definition) is 1. The van der Waals surface area contributed by atoms with Crippen LogP contribution in [0.1, 0.15) is 11.1 Å². The van der Waals surface area contributed by atoms with Crippen molar-refractivity contribution in [1.82, 2.24) is 9.80 Å². The second-order valence-electron chi connectivity index (χ2n) is 6.53. The van der Waals surface area contributed by atoms with E-state index < -0.39 is 0 Å². The lowest BCUT2D eigenvalue weighted by Crippen LogP contribution is -2.48. The van der Waals surface area contributed by atoms with Crippen molar-refractivity contribution in [2.24, 2.45) is 0 Å². The number of carbonyl (C=O) groups excluding carboxylic acids is 1. The summed E-state index contributed by atoms with van der Waals surface area (Å²) < 4.78 is 18.8. The zero-order valence-electron chi connectivity index (χ0n) is 15.8. The number of carbonyl (C=O) groups is 1. The van der Waals surface area contributed by atoms with Gasteiger partial charge in [-0.25, -0.2) is 4.39 Å². The third kappa shape index (κ3) is 6.26. The van der Waals surface area contributed by atoms with Crippen molar-refractivity contribution in [2.45, 2.75) is 13.0 Å². The summed E-state index contributed by atoms with van der Waals surface area (Å²) >= 11 is 0. The number of nitrogens with zero attached hydrogens (tertiary/aromatic N) is 2. The first kappa shape index (κ1) is 24.0. The molecule has 2 aromatic rings. The van der Waals surface area contributed by atoms with Crippen LogP contribution in [0, 0.1) is 5.82 Å². The van der Waals surface area contributed by atoms with Crippen LogP contribution >= 0.6 is 24.8 Å². The summed E-state index contributed by atoms with van der Waals surface area (Å²) in [7, 11) is 1.59. The molecule has 154 valence electrons. The standard InChI is InChI=1S/C20H24FN3O2.2ClH/c1-26-19-7-4-17(21)13-16(19)14-23-8-10-24(11-9-23)20(25)12-15-2-5-18(22)6-3-15;;/h2-7,13H,8-12,14,22H2,1H3;2*1H. The van der Waals surface area contributed by atoms with Gasteiger partial charge in [-0.3, -0.25) is 9.69 Å². The average Bonchev–Trinajstić information content (AvgIpc) is 2.64. The van der Waals surface area contributed by atoms with Gasteiger partial charge in [0.05, 0.1) is 13.5 Å². The molecule has 0 unspecified atom stereocenters. The van der Waals surface area contributed by atoms with Crippen molar-refractivity contribution in [1.29, 1.82) is 0 Å². The van der Waals surface area contributed by atoms with E-state index in [0.29, 0.717) is 37.5 Å². The van der Waals surface area contributed by atoms with Crippen LogP contribution in [0.3, 0.4) is 0 Å². The van der Waals surface area contributed by atoms with Crippen LogP contribution in [0.25, 0.3) is 0 Å². The Bertz CT molecular complexity index is 767. The Labute approximate surface area is 177 Å². The number of methoxy groups -OCH3 is 1. The summed E-state index contributed by atoms with van der Waals surface area (Å²) in [6.45, 7) is 3.47. The highest BCUT2D eigenvalue weighted by molar-refractivity contribution is 5.85. The highest BCUT2D eigenvalue weighted by Crippen LogP contribution is 2.22. The molecule has 1 aliphatic heterocycles. The molecule has 1 heterocycles. The number of benzene rings is 2. The molecule has 0 atom stereocenters. The SMILES string of the molecule is COc1ccc(F)cc1CN1CCN(C(=O)Cc2ccc(N)cc2)CC1.Cl.Cl. The fraction of sp³-hybridized carbons (Fsp3) is 0.350. The number of ether oxygens (including phenoxy) is 1. The largest absolute Gasteiger partial charge is 0.496 e. The van der Waals surface area contributed by atoms with E-state index >= 15 is 0 Å². The van der Waals surface area contributed by atoms with Gasteiger partial charge in [0.1, 0.15) is 11.6 Å². The smallest absolute Gasteiger partial charge is 0.227 e. The van der Waals surface area contributed by atoms with Crippen molar-refractivity contribution >= 4 is 36.4 Å². The van der Waals surface area contributed by atoms with Gasteiger partial charge in [-0.1, -0.05) is 12.1 Å². The quantitative estimate of drug-likeness (QED) is 0.741. The maximum absolute atomic E-state index is 13.5. The summed E-state index contributed by atoms with van der Waals surface area (Å²) in [5.41, 5.74) is 8.17. The van der Waals surface area contributed by atoms with Gasteiger partial charge in [0.15, 0.2) is 0 Å². The third-order valence-electron chi connectivity index (χ3n) is 4.70. The van der Waals surface area contributed by atoms with Gasteiger partial charge < -0.3 is 15.4 Å². The molecule has 0 aliphatic carbocycles. The normalized spacial score (nSPS) is 14.0. The third-order valence-corrected chi connectivity index (χ3v) is 4.70. The number of amides is 1. The number of piperazine rings is 1. The van der Waals surface area contributed by atoms with Crippen LogP contribution in [0.2, 0.25) is 0 Å². The first-order valence-electron chi connectivity index (χ1n) is 8.72.